The topological polar surface area (TPSA) is 52.8 Å². The molecule has 3 aromatic carbocycles. The Morgan fingerprint density at radius 3 is 2.67 bits per heavy atom. The van der Waals surface area contributed by atoms with Crippen LogP contribution in [0.15, 0.2) is 88.2 Å². The summed E-state index contributed by atoms with van der Waals surface area (Å²) in [6, 6.07) is 24.1. The van der Waals surface area contributed by atoms with E-state index in [2.05, 4.69) is 30.3 Å². The van der Waals surface area contributed by atoms with E-state index in [1.54, 1.807) is 7.11 Å². The molecule has 0 radical (unpaired) electrons. The third-order valence-electron chi connectivity index (χ3n) is 6.77. The number of allylic oxidation sites excluding steroid dienone is 1. The van der Waals surface area contributed by atoms with Crippen molar-refractivity contribution in [2.24, 2.45) is 4.99 Å². The molecule has 1 aliphatic heterocycles. The van der Waals surface area contributed by atoms with E-state index >= 15 is 0 Å². The Morgan fingerprint density at radius 1 is 1.03 bits per heavy atom. The summed E-state index contributed by atoms with van der Waals surface area (Å²) in [4.78, 5) is 19.7. The van der Waals surface area contributed by atoms with Crippen molar-refractivity contribution in [3.63, 3.8) is 0 Å². The van der Waals surface area contributed by atoms with Crippen molar-refractivity contribution in [2.45, 2.75) is 25.8 Å². The standard InChI is InChI=1S/C30H26N2O3S/c1-3-35-22-14-11-19(12-15-22)17-26-29(33)32-28(21-8-6-9-23(18-21)34-2)25-16-13-20-7-4-5-10-24(20)27(25)31-30(32)36-26/h4-12,14-15,17-18,28H,3,13,16H2,1-2H3/b26-17+/t28-/m1/s1. The van der Waals surface area contributed by atoms with Crippen LogP contribution in [0.3, 0.4) is 0 Å². The van der Waals surface area contributed by atoms with Crippen molar-refractivity contribution in [3.05, 3.63) is 120 Å². The molecule has 0 unspecified atom stereocenters. The van der Waals surface area contributed by atoms with Gasteiger partial charge in [0, 0.05) is 5.56 Å². The second-order valence-electron chi connectivity index (χ2n) is 8.89. The van der Waals surface area contributed by atoms with Gasteiger partial charge in [0.25, 0.3) is 5.56 Å². The van der Waals surface area contributed by atoms with Gasteiger partial charge in [-0.15, -0.1) is 0 Å². The Labute approximate surface area is 213 Å². The Balaban J connectivity index is 1.56. The summed E-state index contributed by atoms with van der Waals surface area (Å²) in [5.74, 6) is 1.60. The highest BCUT2D eigenvalue weighted by Crippen LogP contribution is 2.41. The maximum absolute atomic E-state index is 13.8. The molecule has 0 N–H and O–H groups in total. The molecule has 1 atom stereocenters. The molecular formula is C30H26N2O3S. The minimum atomic E-state index is -0.220. The van der Waals surface area contributed by atoms with Crippen LogP contribution in [-0.4, -0.2) is 18.3 Å². The molecule has 0 saturated heterocycles. The number of aryl methyl sites for hydroxylation is 1. The highest BCUT2D eigenvalue weighted by molar-refractivity contribution is 7.07. The van der Waals surface area contributed by atoms with Crippen molar-refractivity contribution in [1.82, 2.24) is 4.57 Å². The third kappa shape index (κ3) is 3.88. The van der Waals surface area contributed by atoms with E-state index in [0.717, 1.165) is 51.5 Å². The second-order valence-corrected chi connectivity index (χ2v) is 9.90. The van der Waals surface area contributed by atoms with E-state index in [0.29, 0.717) is 11.1 Å². The van der Waals surface area contributed by atoms with Crippen molar-refractivity contribution in [3.8, 4) is 11.5 Å². The van der Waals surface area contributed by atoms with Crippen LogP contribution < -0.4 is 24.4 Å². The van der Waals surface area contributed by atoms with Crippen LogP contribution in [0.5, 0.6) is 11.5 Å². The van der Waals surface area contributed by atoms with Gasteiger partial charge in [-0.3, -0.25) is 9.36 Å². The number of methoxy groups -OCH3 is 1. The van der Waals surface area contributed by atoms with Crippen LogP contribution in [0, 0.1) is 0 Å². The van der Waals surface area contributed by atoms with Gasteiger partial charge in [-0.05, 0) is 72.4 Å². The molecule has 0 amide bonds. The molecule has 5 nitrogen and oxygen atoms in total. The van der Waals surface area contributed by atoms with Gasteiger partial charge in [0.05, 0.1) is 30.0 Å². The molecule has 6 heteroatoms. The zero-order valence-corrected chi connectivity index (χ0v) is 21.0. The fraction of sp³-hybridized carbons (Fsp3) is 0.200. The molecule has 0 bridgehead atoms. The Hall–Kier alpha value is -3.90. The van der Waals surface area contributed by atoms with Crippen LogP contribution in [0.1, 0.15) is 41.6 Å². The molecule has 180 valence electrons. The summed E-state index contributed by atoms with van der Waals surface area (Å²) in [5, 5.41) is 0. The number of fused-ring (bicyclic) bond motifs is 3. The number of thiazole rings is 1. The minimum absolute atomic E-state index is 0.0223. The summed E-state index contributed by atoms with van der Waals surface area (Å²) in [5.41, 5.74) is 6.61. The van der Waals surface area contributed by atoms with Gasteiger partial charge in [0.2, 0.25) is 0 Å². The minimum Gasteiger partial charge on any atom is -0.497 e. The summed E-state index contributed by atoms with van der Waals surface area (Å²) in [7, 11) is 1.67. The predicted molar refractivity (Wildman–Crippen MR) is 143 cm³/mol. The quantitative estimate of drug-likeness (QED) is 0.403. The van der Waals surface area contributed by atoms with Crippen LogP contribution >= 0.6 is 11.3 Å². The van der Waals surface area contributed by atoms with Gasteiger partial charge < -0.3 is 9.47 Å². The summed E-state index contributed by atoms with van der Waals surface area (Å²) >= 11 is 1.44. The van der Waals surface area contributed by atoms with Gasteiger partial charge in [0.1, 0.15) is 11.5 Å². The van der Waals surface area contributed by atoms with E-state index in [-0.39, 0.29) is 11.6 Å². The SMILES string of the molecule is CCOc1ccc(/C=c2/sc3n(c2=O)[C@H](c2cccc(OC)c2)C2=C(N=3)c3ccccc3CC2)cc1. The molecule has 1 aliphatic carbocycles. The van der Waals surface area contributed by atoms with Crippen molar-refractivity contribution >= 4 is 23.1 Å². The average Bonchev–Trinajstić information content (AvgIpc) is 3.23. The number of benzene rings is 3. The van der Waals surface area contributed by atoms with Crippen molar-refractivity contribution in [1.29, 1.82) is 0 Å². The molecule has 36 heavy (non-hydrogen) atoms. The molecule has 0 fully saturated rings. The van der Waals surface area contributed by atoms with E-state index in [4.69, 9.17) is 14.5 Å². The highest BCUT2D eigenvalue weighted by atomic mass is 32.1. The first kappa shape index (κ1) is 22.6. The van der Waals surface area contributed by atoms with Crippen molar-refractivity contribution < 1.29 is 9.47 Å². The summed E-state index contributed by atoms with van der Waals surface area (Å²) < 4.78 is 13.6. The number of nitrogens with zero attached hydrogens (tertiary/aromatic N) is 2. The lowest BCUT2D eigenvalue weighted by atomic mass is 9.83. The lowest BCUT2D eigenvalue weighted by molar-refractivity contribution is 0.340. The van der Waals surface area contributed by atoms with E-state index in [9.17, 15) is 4.79 Å². The van der Waals surface area contributed by atoms with Gasteiger partial charge in [-0.1, -0.05) is 59.9 Å². The molecule has 6 rings (SSSR count). The second kappa shape index (κ2) is 9.28. The van der Waals surface area contributed by atoms with Crippen LogP contribution in [0.4, 0.5) is 0 Å². The summed E-state index contributed by atoms with van der Waals surface area (Å²) in [6.07, 6.45) is 3.74. The van der Waals surface area contributed by atoms with E-state index < -0.39 is 0 Å². The third-order valence-corrected chi connectivity index (χ3v) is 7.75. The number of ether oxygens (including phenoxy) is 2. The van der Waals surface area contributed by atoms with Crippen LogP contribution in [-0.2, 0) is 6.42 Å². The Bertz CT molecular complexity index is 1660. The number of aromatic nitrogens is 1. The number of hydrogen-bond donors (Lipinski definition) is 0. The Kier molecular flexibility index (Phi) is 5.82. The average molecular weight is 495 g/mol. The normalized spacial score (nSPS) is 16.6. The zero-order valence-electron chi connectivity index (χ0n) is 20.2. The zero-order chi connectivity index (χ0) is 24.6. The van der Waals surface area contributed by atoms with E-state index in [1.165, 1.54) is 22.5 Å². The first-order chi connectivity index (χ1) is 17.7. The molecular weight excluding hydrogens is 468 g/mol. The maximum atomic E-state index is 13.8. The monoisotopic (exact) mass is 494 g/mol. The first-order valence-corrected chi connectivity index (χ1v) is 13.0. The molecule has 0 saturated carbocycles. The van der Waals surface area contributed by atoms with Crippen molar-refractivity contribution in [2.75, 3.05) is 13.7 Å². The van der Waals surface area contributed by atoms with Gasteiger partial charge in [-0.2, -0.15) is 0 Å². The highest BCUT2D eigenvalue weighted by Gasteiger charge is 2.32. The fourth-order valence-corrected chi connectivity index (χ4v) is 6.11. The van der Waals surface area contributed by atoms with Gasteiger partial charge in [-0.25, -0.2) is 4.99 Å². The fourth-order valence-electron chi connectivity index (χ4n) is 5.11. The molecule has 2 heterocycles. The maximum Gasteiger partial charge on any atom is 0.271 e. The molecule has 1 aromatic heterocycles. The largest absolute Gasteiger partial charge is 0.497 e. The van der Waals surface area contributed by atoms with Crippen LogP contribution in [0.2, 0.25) is 0 Å². The predicted octanol–water partition coefficient (Wildman–Crippen LogP) is 4.73. The lowest BCUT2D eigenvalue weighted by Gasteiger charge is -2.31. The molecule has 4 aromatic rings. The van der Waals surface area contributed by atoms with Crippen LogP contribution in [0.25, 0.3) is 11.8 Å². The molecule has 0 spiro atoms. The van der Waals surface area contributed by atoms with Gasteiger partial charge in [0.15, 0.2) is 4.80 Å². The number of hydrogen-bond acceptors (Lipinski definition) is 5. The number of rotatable bonds is 5. The Morgan fingerprint density at radius 2 is 1.86 bits per heavy atom. The first-order valence-electron chi connectivity index (χ1n) is 12.2. The molecule has 2 aliphatic rings. The van der Waals surface area contributed by atoms with E-state index in [1.807, 2.05) is 60.0 Å². The van der Waals surface area contributed by atoms with Gasteiger partial charge >= 0.3 is 0 Å². The lowest BCUT2D eigenvalue weighted by Crippen LogP contribution is -2.38. The smallest absolute Gasteiger partial charge is 0.271 e. The summed E-state index contributed by atoms with van der Waals surface area (Å²) in [6.45, 7) is 2.58.